The van der Waals surface area contributed by atoms with Crippen LogP contribution in [0.5, 0.6) is 0 Å². The number of nitrogens with two attached hydrogens (primary N) is 1. The van der Waals surface area contributed by atoms with Gasteiger partial charge in [0, 0.05) is 13.1 Å². The first-order valence-corrected chi connectivity index (χ1v) is 4.84. The fraction of sp³-hybridized carbons (Fsp3) is 0.889. The van der Waals surface area contributed by atoms with E-state index in [2.05, 4.69) is 0 Å². The van der Waals surface area contributed by atoms with Gasteiger partial charge in [-0.3, -0.25) is 9.69 Å². The van der Waals surface area contributed by atoms with E-state index in [1.807, 2.05) is 4.90 Å². The summed E-state index contributed by atoms with van der Waals surface area (Å²) in [6.45, 7) is 3.40. The van der Waals surface area contributed by atoms with E-state index in [9.17, 15) is 9.90 Å². The summed E-state index contributed by atoms with van der Waals surface area (Å²) in [5.74, 6) is -0.991. The van der Waals surface area contributed by atoms with Crippen molar-refractivity contribution in [3.8, 4) is 0 Å². The fourth-order valence-corrected chi connectivity index (χ4v) is 1.84. The van der Waals surface area contributed by atoms with Crippen molar-refractivity contribution >= 4 is 5.97 Å². The number of rotatable bonds is 3. The van der Waals surface area contributed by atoms with Crippen LogP contribution in [0.25, 0.3) is 0 Å². The molecule has 0 aromatic heterocycles. The van der Waals surface area contributed by atoms with Gasteiger partial charge in [-0.15, -0.1) is 0 Å². The number of piperidine rings is 1. The molecule has 1 heterocycles. The Hall–Kier alpha value is -0.650. The highest BCUT2D eigenvalue weighted by Crippen LogP contribution is 2.19. The molecular weight excluding hydrogens is 184 g/mol. The zero-order valence-corrected chi connectivity index (χ0v) is 8.44. The number of likely N-dealkylation sites (tertiary alicyclic amines) is 1. The maximum atomic E-state index is 10.5. The molecule has 1 saturated heterocycles. The normalized spacial score (nSPS) is 31.4. The Labute approximate surface area is 83.5 Å². The number of carboxylic acids is 1. The number of carboxylic acid groups (broad SMARTS) is 1. The lowest BCUT2D eigenvalue weighted by Crippen LogP contribution is -2.51. The maximum Gasteiger partial charge on any atom is 0.321 e. The molecule has 14 heavy (non-hydrogen) atoms. The van der Waals surface area contributed by atoms with E-state index in [0.717, 1.165) is 19.4 Å². The number of hydrogen-bond acceptors (Lipinski definition) is 4. The summed E-state index contributed by atoms with van der Waals surface area (Å²) in [5.41, 5.74) is 4.72. The van der Waals surface area contributed by atoms with Crippen LogP contribution in [0.1, 0.15) is 19.8 Å². The first-order chi connectivity index (χ1) is 6.41. The van der Waals surface area contributed by atoms with Gasteiger partial charge in [0.1, 0.15) is 6.04 Å². The molecular formula is C9H18N2O3. The average molecular weight is 202 g/mol. The van der Waals surface area contributed by atoms with Crippen LogP contribution in [0.4, 0.5) is 0 Å². The Morgan fingerprint density at radius 1 is 1.71 bits per heavy atom. The Morgan fingerprint density at radius 3 is 2.86 bits per heavy atom. The molecule has 0 bridgehead atoms. The molecule has 5 nitrogen and oxygen atoms in total. The summed E-state index contributed by atoms with van der Waals surface area (Å²) < 4.78 is 0. The molecule has 0 saturated carbocycles. The Balaban J connectivity index is 2.42. The van der Waals surface area contributed by atoms with E-state index in [0.29, 0.717) is 13.1 Å². The third kappa shape index (κ3) is 3.25. The van der Waals surface area contributed by atoms with Crippen LogP contribution in [0.15, 0.2) is 0 Å². The minimum Gasteiger partial charge on any atom is -0.480 e. The van der Waals surface area contributed by atoms with Gasteiger partial charge in [0.2, 0.25) is 0 Å². The van der Waals surface area contributed by atoms with Gasteiger partial charge in [0.15, 0.2) is 0 Å². The van der Waals surface area contributed by atoms with Crippen LogP contribution >= 0.6 is 0 Å². The van der Waals surface area contributed by atoms with Crippen LogP contribution in [-0.4, -0.2) is 52.4 Å². The molecule has 1 fully saturated rings. The smallest absolute Gasteiger partial charge is 0.321 e. The first kappa shape index (κ1) is 11.4. The number of aliphatic hydroxyl groups is 1. The maximum absolute atomic E-state index is 10.5. The number of β-amino-alcohol motifs (C(OH)–C–C–N with tert-alkyl or cyclic N) is 1. The lowest BCUT2D eigenvalue weighted by Gasteiger charge is -2.37. The van der Waals surface area contributed by atoms with E-state index in [1.54, 1.807) is 6.92 Å². The Morgan fingerprint density at radius 2 is 2.36 bits per heavy atom. The highest BCUT2D eigenvalue weighted by atomic mass is 16.4. The quantitative estimate of drug-likeness (QED) is 0.560. The van der Waals surface area contributed by atoms with Gasteiger partial charge in [-0.25, -0.2) is 0 Å². The molecule has 0 amide bonds. The van der Waals surface area contributed by atoms with E-state index < -0.39 is 17.6 Å². The third-order valence-corrected chi connectivity index (χ3v) is 2.53. The fourth-order valence-electron chi connectivity index (χ4n) is 1.84. The lowest BCUT2D eigenvalue weighted by atomic mass is 9.95. The first-order valence-electron chi connectivity index (χ1n) is 4.84. The molecule has 0 aromatic carbocycles. The van der Waals surface area contributed by atoms with Crippen LogP contribution in [0, 0.1) is 0 Å². The zero-order chi connectivity index (χ0) is 10.8. The van der Waals surface area contributed by atoms with Crippen molar-refractivity contribution in [3.05, 3.63) is 0 Å². The highest BCUT2D eigenvalue weighted by Gasteiger charge is 2.29. The van der Waals surface area contributed by atoms with Gasteiger partial charge in [-0.1, -0.05) is 0 Å². The van der Waals surface area contributed by atoms with Crippen molar-refractivity contribution in [2.24, 2.45) is 5.73 Å². The molecule has 4 N–H and O–H groups in total. The summed E-state index contributed by atoms with van der Waals surface area (Å²) in [6, 6.07) is -0.858. The standard InChI is InChI=1S/C9H18N2O3/c1-9(14)3-2-4-11(6-9)5-7(10)8(12)13/h7,14H,2-6,10H2,1H3,(H,12,13). The highest BCUT2D eigenvalue weighted by molar-refractivity contribution is 5.73. The largest absolute Gasteiger partial charge is 0.480 e. The second-order valence-corrected chi connectivity index (χ2v) is 4.28. The van der Waals surface area contributed by atoms with Crippen LogP contribution in [0.2, 0.25) is 0 Å². The number of nitrogens with zero attached hydrogens (tertiary/aromatic N) is 1. The van der Waals surface area contributed by atoms with Crippen molar-refractivity contribution < 1.29 is 15.0 Å². The van der Waals surface area contributed by atoms with Crippen LogP contribution in [0.3, 0.4) is 0 Å². The second-order valence-electron chi connectivity index (χ2n) is 4.28. The van der Waals surface area contributed by atoms with Crippen molar-refractivity contribution in [3.63, 3.8) is 0 Å². The molecule has 0 aliphatic carbocycles. The van der Waals surface area contributed by atoms with Gasteiger partial charge in [-0.2, -0.15) is 0 Å². The molecule has 0 spiro atoms. The summed E-state index contributed by atoms with van der Waals surface area (Å²) in [7, 11) is 0. The van der Waals surface area contributed by atoms with Gasteiger partial charge in [0.05, 0.1) is 5.60 Å². The van der Waals surface area contributed by atoms with Crippen LogP contribution < -0.4 is 5.73 Å². The SMILES string of the molecule is CC1(O)CCCN(CC(N)C(=O)O)C1. The molecule has 0 aromatic rings. The van der Waals surface area contributed by atoms with Crippen molar-refractivity contribution in [1.82, 2.24) is 4.90 Å². The van der Waals surface area contributed by atoms with Gasteiger partial charge in [0.25, 0.3) is 0 Å². The second kappa shape index (κ2) is 4.25. The predicted molar refractivity (Wildman–Crippen MR) is 51.9 cm³/mol. The predicted octanol–water partition coefficient (Wildman–Crippen LogP) is -0.755. The molecule has 1 aliphatic rings. The molecule has 5 heteroatoms. The van der Waals surface area contributed by atoms with E-state index in [1.165, 1.54) is 0 Å². The Kier molecular flexibility index (Phi) is 3.47. The van der Waals surface area contributed by atoms with Crippen molar-refractivity contribution in [1.29, 1.82) is 0 Å². The summed E-state index contributed by atoms with van der Waals surface area (Å²) >= 11 is 0. The molecule has 1 aliphatic heterocycles. The van der Waals surface area contributed by atoms with Crippen LogP contribution in [-0.2, 0) is 4.79 Å². The molecule has 2 unspecified atom stereocenters. The molecule has 82 valence electrons. The number of aliphatic carboxylic acids is 1. The zero-order valence-electron chi connectivity index (χ0n) is 8.44. The molecule has 1 rings (SSSR count). The van der Waals surface area contributed by atoms with Gasteiger partial charge < -0.3 is 15.9 Å². The minimum absolute atomic E-state index is 0.311. The third-order valence-electron chi connectivity index (χ3n) is 2.53. The van der Waals surface area contributed by atoms with Gasteiger partial charge in [-0.05, 0) is 26.3 Å². The topological polar surface area (TPSA) is 86.8 Å². The van der Waals surface area contributed by atoms with E-state index >= 15 is 0 Å². The van der Waals surface area contributed by atoms with Crippen molar-refractivity contribution in [2.45, 2.75) is 31.4 Å². The monoisotopic (exact) mass is 202 g/mol. The number of carbonyl (C=O) groups is 1. The summed E-state index contributed by atoms with van der Waals surface area (Å²) in [5, 5.41) is 18.4. The average Bonchev–Trinajstić information content (AvgIpc) is 2.01. The molecule has 0 radical (unpaired) electrons. The van der Waals surface area contributed by atoms with Gasteiger partial charge >= 0.3 is 5.97 Å². The Bertz CT molecular complexity index is 218. The number of hydrogen-bond donors (Lipinski definition) is 3. The molecule has 2 atom stereocenters. The summed E-state index contributed by atoms with van der Waals surface area (Å²) in [4.78, 5) is 12.4. The summed E-state index contributed by atoms with van der Waals surface area (Å²) in [6.07, 6.45) is 1.66. The van der Waals surface area contributed by atoms with Crippen molar-refractivity contribution in [2.75, 3.05) is 19.6 Å². The minimum atomic E-state index is -0.991. The van der Waals surface area contributed by atoms with E-state index in [-0.39, 0.29) is 0 Å². The van der Waals surface area contributed by atoms with E-state index in [4.69, 9.17) is 10.8 Å². The lowest BCUT2D eigenvalue weighted by molar-refractivity contribution is -0.139.